The Morgan fingerprint density at radius 2 is 1.68 bits per heavy atom. The van der Waals surface area contributed by atoms with Gasteiger partial charge >= 0.3 is 0 Å². The topological polar surface area (TPSA) is 72.7 Å². The van der Waals surface area contributed by atoms with Gasteiger partial charge in [0.1, 0.15) is 24.7 Å². The van der Waals surface area contributed by atoms with Gasteiger partial charge in [0.05, 0.1) is 0 Å². The van der Waals surface area contributed by atoms with E-state index in [1.807, 2.05) is 48.5 Å². The highest BCUT2D eigenvalue weighted by atomic mass is 79.9. The number of halogens is 1. The van der Waals surface area contributed by atoms with Crippen molar-refractivity contribution < 1.29 is 18.7 Å². The number of anilines is 1. The first-order valence-electron chi connectivity index (χ1n) is 8.38. The van der Waals surface area contributed by atoms with E-state index in [-0.39, 0.29) is 10.9 Å². The van der Waals surface area contributed by atoms with Gasteiger partial charge in [0.2, 0.25) is 0 Å². The van der Waals surface area contributed by atoms with Gasteiger partial charge in [0, 0.05) is 11.8 Å². The minimum absolute atomic E-state index is 0.155. The summed E-state index contributed by atoms with van der Waals surface area (Å²) in [6, 6.07) is 20.0. The third-order valence-corrected chi connectivity index (χ3v) is 4.11. The zero-order valence-corrected chi connectivity index (χ0v) is 17.1. The van der Waals surface area contributed by atoms with Crippen molar-refractivity contribution in [1.82, 2.24) is 5.32 Å². The number of hydrogen-bond donors (Lipinski definition) is 2. The minimum atomic E-state index is -0.436. The molecule has 0 aliphatic heterocycles. The van der Waals surface area contributed by atoms with Gasteiger partial charge in [-0.15, -0.1) is 0 Å². The Balaban J connectivity index is 1.46. The Morgan fingerprint density at radius 1 is 0.964 bits per heavy atom. The van der Waals surface area contributed by atoms with Crippen molar-refractivity contribution in [2.75, 3.05) is 18.5 Å². The predicted octanol–water partition coefficient (Wildman–Crippen LogP) is 4.63. The van der Waals surface area contributed by atoms with Gasteiger partial charge in [0.25, 0.3) is 5.91 Å². The van der Waals surface area contributed by atoms with Crippen LogP contribution in [0.3, 0.4) is 0 Å². The van der Waals surface area contributed by atoms with Crippen LogP contribution in [0.25, 0.3) is 0 Å². The monoisotopic (exact) mass is 460 g/mol. The number of hydrogen-bond acceptors (Lipinski definition) is 5. The fourth-order valence-corrected chi connectivity index (χ4v) is 2.78. The molecule has 0 atom stereocenters. The van der Waals surface area contributed by atoms with Crippen LogP contribution >= 0.6 is 28.1 Å². The highest BCUT2D eigenvalue weighted by Gasteiger charge is 2.12. The molecule has 0 bridgehead atoms. The lowest BCUT2D eigenvalue weighted by Gasteiger charge is -2.11. The molecule has 0 fully saturated rings. The Kier molecular flexibility index (Phi) is 7.05. The van der Waals surface area contributed by atoms with Gasteiger partial charge in [-0.3, -0.25) is 10.1 Å². The average Bonchev–Trinajstić information content (AvgIpc) is 3.13. The van der Waals surface area contributed by atoms with Gasteiger partial charge in [-0.1, -0.05) is 24.3 Å². The lowest BCUT2D eigenvalue weighted by molar-refractivity contribution is 0.0949. The molecular formula is C20H17BrN2O4S. The molecule has 1 aromatic heterocycles. The third-order valence-electron chi connectivity index (χ3n) is 3.48. The van der Waals surface area contributed by atoms with Crippen LogP contribution in [0.5, 0.6) is 11.5 Å². The summed E-state index contributed by atoms with van der Waals surface area (Å²) < 4.78 is 16.9. The first kappa shape index (κ1) is 19.9. The maximum absolute atomic E-state index is 12.0. The molecule has 144 valence electrons. The molecule has 0 spiro atoms. The lowest BCUT2D eigenvalue weighted by atomic mass is 10.3. The number of ether oxygens (including phenoxy) is 2. The van der Waals surface area contributed by atoms with Crippen molar-refractivity contribution in [3.8, 4) is 11.5 Å². The molecule has 3 aromatic rings. The summed E-state index contributed by atoms with van der Waals surface area (Å²) >= 11 is 8.31. The molecule has 0 aliphatic rings. The zero-order chi connectivity index (χ0) is 19.8. The summed E-state index contributed by atoms with van der Waals surface area (Å²) in [7, 11) is 0. The largest absolute Gasteiger partial charge is 0.490 e. The number of benzene rings is 2. The Labute approximate surface area is 176 Å². The second kappa shape index (κ2) is 9.91. The van der Waals surface area contributed by atoms with Gasteiger partial charge in [-0.05, 0) is 64.5 Å². The number of nitrogens with one attached hydrogen (secondary N) is 2. The van der Waals surface area contributed by atoms with Crippen molar-refractivity contribution in [2.24, 2.45) is 0 Å². The summed E-state index contributed by atoms with van der Waals surface area (Å²) in [5.74, 6) is 1.18. The van der Waals surface area contributed by atoms with E-state index in [1.165, 1.54) is 0 Å². The van der Waals surface area contributed by atoms with Crippen LogP contribution in [0.15, 0.2) is 75.8 Å². The highest BCUT2D eigenvalue weighted by Crippen LogP contribution is 2.18. The maximum atomic E-state index is 12.0. The number of carbonyl (C=O) groups is 1. The molecule has 1 amide bonds. The fraction of sp³-hybridized carbons (Fsp3) is 0.100. The SMILES string of the molecule is O=C(NC(=S)Nc1cccc(OCCOc2ccccc2)c1)c1ccc(Br)o1. The van der Waals surface area contributed by atoms with Crippen LogP contribution in [0, 0.1) is 0 Å². The maximum Gasteiger partial charge on any atom is 0.293 e. The van der Waals surface area contributed by atoms with Crippen molar-refractivity contribution in [3.05, 3.63) is 77.2 Å². The zero-order valence-electron chi connectivity index (χ0n) is 14.7. The van der Waals surface area contributed by atoms with E-state index in [4.69, 9.17) is 26.1 Å². The smallest absolute Gasteiger partial charge is 0.293 e. The summed E-state index contributed by atoms with van der Waals surface area (Å²) in [5.41, 5.74) is 0.687. The second-order valence-corrected chi connectivity index (χ2v) is 6.74. The minimum Gasteiger partial charge on any atom is -0.490 e. The number of rotatable bonds is 7. The Bertz CT molecular complexity index is 946. The molecule has 6 nitrogen and oxygen atoms in total. The fourth-order valence-electron chi connectivity index (χ4n) is 2.26. The normalized spacial score (nSPS) is 10.2. The number of amides is 1. The molecule has 0 aliphatic carbocycles. The molecular weight excluding hydrogens is 444 g/mol. The van der Waals surface area contributed by atoms with Gasteiger partial charge in [-0.25, -0.2) is 0 Å². The molecule has 8 heteroatoms. The van der Waals surface area contributed by atoms with Crippen molar-refractivity contribution in [3.63, 3.8) is 0 Å². The molecule has 0 radical (unpaired) electrons. The summed E-state index contributed by atoms with van der Waals surface area (Å²) in [6.07, 6.45) is 0. The van der Waals surface area contributed by atoms with Crippen molar-refractivity contribution >= 4 is 44.9 Å². The summed E-state index contributed by atoms with van der Waals surface area (Å²) in [6.45, 7) is 0.821. The van der Waals surface area contributed by atoms with Crippen LogP contribution in [0.1, 0.15) is 10.6 Å². The van der Waals surface area contributed by atoms with Crippen LogP contribution in [-0.2, 0) is 0 Å². The van der Waals surface area contributed by atoms with Crippen LogP contribution in [0.2, 0.25) is 0 Å². The number of carbonyl (C=O) groups excluding carboxylic acids is 1. The highest BCUT2D eigenvalue weighted by molar-refractivity contribution is 9.10. The standard InChI is InChI=1S/C20H17BrN2O4S/c21-18-10-9-17(27-18)19(24)23-20(28)22-14-5-4-8-16(13-14)26-12-11-25-15-6-2-1-3-7-15/h1-10,13H,11-12H2,(H2,22,23,24,28). The van der Waals surface area contributed by atoms with Gasteiger partial charge in [0.15, 0.2) is 15.5 Å². The summed E-state index contributed by atoms with van der Waals surface area (Å²) in [4.78, 5) is 12.0. The molecule has 2 N–H and O–H groups in total. The molecule has 28 heavy (non-hydrogen) atoms. The number of thiocarbonyl (C=S) groups is 1. The first-order valence-corrected chi connectivity index (χ1v) is 9.59. The van der Waals surface area contributed by atoms with Crippen LogP contribution in [-0.4, -0.2) is 24.2 Å². The van der Waals surface area contributed by atoms with E-state index in [1.54, 1.807) is 18.2 Å². The first-order chi connectivity index (χ1) is 13.6. The van der Waals surface area contributed by atoms with Gasteiger partial charge in [-0.2, -0.15) is 0 Å². The lowest BCUT2D eigenvalue weighted by Crippen LogP contribution is -2.33. The van der Waals surface area contributed by atoms with Crippen molar-refractivity contribution in [1.29, 1.82) is 0 Å². The van der Waals surface area contributed by atoms with E-state index < -0.39 is 5.91 Å². The molecule has 1 heterocycles. The number of para-hydroxylation sites is 1. The van der Waals surface area contributed by atoms with Crippen LogP contribution < -0.4 is 20.1 Å². The van der Waals surface area contributed by atoms with Gasteiger partial charge < -0.3 is 19.2 Å². The molecule has 0 unspecified atom stereocenters. The third kappa shape index (κ3) is 6.11. The van der Waals surface area contributed by atoms with Crippen molar-refractivity contribution in [2.45, 2.75) is 0 Å². The molecule has 0 saturated carbocycles. The van der Waals surface area contributed by atoms with E-state index in [9.17, 15) is 4.79 Å². The molecule has 0 saturated heterocycles. The van der Waals surface area contributed by atoms with E-state index >= 15 is 0 Å². The second-order valence-electron chi connectivity index (χ2n) is 5.55. The molecule has 3 rings (SSSR count). The quantitative estimate of drug-likeness (QED) is 0.395. The van der Waals surface area contributed by atoms with E-state index in [0.717, 1.165) is 5.75 Å². The van der Waals surface area contributed by atoms with Crippen LogP contribution in [0.4, 0.5) is 5.69 Å². The predicted molar refractivity (Wildman–Crippen MR) is 114 cm³/mol. The van der Waals surface area contributed by atoms with E-state index in [0.29, 0.717) is 29.3 Å². The molecule has 2 aromatic carbocycles. The number of furan rings is 1. The Hall–Kier alpha value is -2.84. The average molecular weight is 461 g/mol. The summed E-state index contributed by atoms with van der Waals surface area (Å²) in [5, 5.41) is 5.65. The Morgan fingerprint density at radius 3 is 2.39 bits per heavy atom. The van der Waals surface area contributed by atoms with E-state index in [2.05, 4.69) is 26.6 Å².